The molecule has 0 saturated heterocycles. The standard InChI is InChI=1S/C19H17ClN2OS2/c20-12-5-6-16-13(11-12)14(9-10-24-16)21-18(23)7-8-19-22-15-3-1-2-4-17(15)25-19/h1-6,11,14H,7-10H2,(H,21,23). The van der Waals surface area contributed by atoms with Gasteiger partial charge in [0, 0.05) is 28.5 Å². The molecule has 3 aromatic rings. The van der Waals surface area contributed by atoms with Gasteiger partial charge in [0.1, 0.15) is 0 Å². The van der Waals surface area contributed by atoms with Gasteiger partial charge in [-0.3, -0.25) is 4.79 Å². The molecule has 3 nitrogen and oxygen atoms in total. The Bertz CT molecular complexity index is 892. The Hall–Kier alpha value is -1.56. The van der Waals surface area contributed by atoms with Crippen LogP contribution in [0.5, 0.6) is 0 Å². The maximum absolute atomic E-state index is 12.4. The van der Waals surface area contributed by atoms with Crippen molar-refractivity contribution in [2.24, 2.45) is 0 Å². The van der Waals surface area contributed by atoms with E-state index in [2.05, 4.69) is 16.4 Å². The van der Waals surface area contributed by atoms with Crippen molar-refractivity contribution in [3.8, 4) is 0 Å². The Labute approximate surface area is 159 Å². The number of thiazole rings is 1. The molecule has 2 aromatic carbocycles. The summed E-state index contributed by atoms with van der Waals surface area (Å²) in [7, 11) is 0. The first kappa shape index (κ1) is 16.9. The van der Waals surface area contributed by atoms with E-state index in [4.69, 9.17) is 11.6 Å². The Morgan fingerprint density at radius 1 is 1.28 bits per heavy atom. The number of carbonyl (C=O) groups is 1. The van der Waals surface area contributed by atoms with Crippen molar-refractivity contribution < 1.29 is 4.79 Å². The maximum Gasteiger partial charge on any atom is 0.220 e. The van der Waals surface area contributed by atoms with E-state index in [1.807, 2.05) is 48.2 Å². The molecule has 0 bridgehead atoms. The predicted molar refractivity (Wildman–Crippen MR) is 106 cm³/mol. The highest BCUT2D eigenvalue weighted by atomic mass is 35.5. The highest BCUT2D eigenvalue weighted by Gasteiger charge is 2.22. The lowest BCUT2D eigenvalue weighted by molar-refractivity contribution is -0.121. The van der Waals surface area contributed by atoms with E-state index in [9.17, 15) is 4.79 Å². The number of nitrogens with zero attached hydrogens (tertiary/aromatic N) is 1. The zero-order valence-electron chi connectivity index (χ0n) is 13.5. The van der Waals surface area contributed by atoms with Gasteiger partial charge in [-0.25, -0.2) is 4.98 Å². The van der Waals surface area contributed by atoms with Gasteiger partial charge < -0.3 is 5.32 Å². The van der Waals surface area contributed by atoms with Gasteiger partial charge in [0.25, 0.3) is 0 Å². The summed E-state index contributed by atoms with van der Waals surface area (Å²) in [6.07, 6.45) is 2.07. The van der Waals surface area contributed by atoms with Crippen LogP contribution in [0.2, 0.25) is 5.02 Å². The fourth-order valence-corrected chi connectivity index (χ4v) is 5.28. The molecule has 0 saturated carbocycles. The second kappa shape index (κ2) is 7.36. The molecule has 128 valence electrons. The fraction of sp³-hybridized carbons (Fsp3) is 0.263. The Balaban J connectivity index is 1.40. The molecule has 1 unspecified atom stereocenters. The molecule has 1 aliphatic rings. The summed E-state index contributed by atoms with van der Waals surface area (Å²) in [5, 5.41) is 4.90. The Kier molecular flexibility index (Phi) is 4.97. The smallest absolute Gasteiger partial charge is 0.220 e. The minimum atomic E-state index is 0.0535. The molecule has 0 spiro atoms. The number of carbonyl (C=O) groups excluding carboxylic acids is 1. The van der Waals surface area contributed by atoms with Gasteiger partial charge in [0.2, 0.25) is 5.91 Å². The number of nitrogens with one attached hydrogen (secondary N) is 1. The van der Waals surface area contributed by atoms with Gasteiger partial charge in [0.05, 0.1) is 21.3 Å². The average molecular weight is 389 g/mol. The maximum atomic E-state index is 12.4. The summed E-state index contributed by atoms with van der Waals surface area (Å²) in [6, 6.07) is 14.1. The van der Waals surface area contributed by atoms with Crippen LogP contribution in [0.1, 0.15) is 29.5 Å². The van der Waals surface area contributed by atoms with E-state index in [1.165, 1.54) is 9.60 Å². The molecule has 6 heteroatoms. The molecule has 0 radical (unpaired) electrons. The van der Waals surface area contributed by atoms with E-state index in [0.29, 0.717) is 12.8 Å². The van der Waals surface area contributed by atoms with E-state index in [1.54, 1.807) is 11.3 Å². The van der Waals surface area contributed by atoms with Crippen LogP contribution in [0.3, 0.4) is 0 Å². The number of fused-ring (bicyclic) bond motifs is 2. The van der Waals surface area contributed by atoms with E-state index >= 15 is 0 Å². The van der Waals surface area contributed by atoms with Gasteiger partial charge in [-0.1, -0.05) is 23.7 Å². The Morgan fingerprint density at radius 2 is 2.16 bits per heavy atom. The molecule has 1 amide bonds. The molecule has 25 heavy (non-hydrogen) atoms. The number of rotatable bonds is 4. The number of benzene rings is 2. The lowest BCUT2D eigenvalue weighted by atomic mass is 10.0. The quantitative estimate of drug-likeness (QED) is 0.664. The lowest BCUT2D eigenvalue weighted by Crippen LogP contribution is -2.30. The van der Waals surface area contributed by atoms with Gasteiger partial charge in [-0.05, 0) is 42.3 Å². The number of thioether (sulfide) groups is 1. The number of amides is 1. The SMILES string of the molecule is O=C(CCc1nc2ccccc2s1)NC1CCSc2ccc(Cl)cc21. The normalized spacial score (nSPS) is 16.6. The number of aromatic nitrogens is 1. The van der Waals surface area contributed by atoms with Crippen molar-refractivity contribution in [1.29, 1.82) is 0 Å². The molecule has 1 aliphatic heterocycles. The summed E-state index contributed by atoms with van der Waals surface area (Å²) in [5.41, 5.74) is 2.15. The largest absolute Gasteiger partial charge is 0.349 e. The van der Waals surface area contributed by atoms with Gasteiger partial charge in [0.15, 0.2) is 0 Å². The van der Waals surface area contributed by atoms with E-state index < -0.39 is 0 Å². The van der Waals surface area contributed by atoms with Crippen LogP contribution in [0, 0.1) is 0 Å². The summed E-state index contributed by atoms with van der Waals surface area (Å²) < 4.78 is 1.17. The van der Waals surface area contributed by atoms with Gasteiger partial charge in [-0.15, -0.1) is 23.1 Å². The molecule has 1 N–H and O–H groups in total. The first-order chi connectivity index (χ1) is 12.2. The van der Waals surface area contributed by atoms with Crippen molar-refractivity contribution >= 4 is 50.8 Å². The molecule has 1 atom stereocenters. The number of halogens is 1. The van der Waals surface area contributed by atoms with E-state index in [-0.39, 0.29) is 11.9 Å². The topological polar surface area (TPSA) is 42.0 Å². The monoisotopic (exact) mass is 388 g/mol. The van der Waals surface area contributed by atoms with Crippen molar-refractivity contribution in [3.63, 3.8) is 0 Å². The van der Waals surface area contributed by atoms with Crippen LogP contribution in [-0.4, -0.2) is 16.6 Å². The fourth-order valence-electron chi connectivity index (χ4n) is 3.03. The summed E-state index contributed by atoms with van der Waals surface area (Å²) >= 11 is 9.62. The van der Waals surface area contributed by atoms with Crippen molar-refractivity contribution in [2.75, 3.05) is 5.75 Å². The third kappa shape index (κ3) is 3.84. The van der Waals surface area contributed by atoms with Crippen LogP contribution in [-0.2, 0) is 11.2 Å². The number of hydrogen-bond donors (Lipinski definition) is 1. The lowest BCUT2D eigenvalue weighted by Gasteiger charge is -2.26. The second-order valence-electron chi connectivity index (χ2n) is 6.01. The second-order valence-corrected chi connectivity index (χ2v) is 8.70. The van der Waals surface area contributed by atoms with Gasteiger partial charge in [-0.2, -0.15) is 0 Å². The third-order valence-electron chi connectivity index (χ3n) is 4.25. The third-order valence-corrected chi connectivity index (χ3v) is 6.70. The number of para-hydroxylation sites is 1. The molecular weight excluding hydrogens is 372 g/mol. The average Bonchev–Trinajstić information content (AvgIpc) is 3.03. The zero-order valence-corrected chi connectivity index (χ0v) is 15.9. The highest BCUT2D eigenvalue weighted by molar-refractivity contribution is 7.99. The molecule has 2 heterocycles. The molecule has 0 aliphatic carbocycles. The van der Waals surface area contributed by atoms with Crippen LogP contribution < -0.4 is 5.32 Å². The van der Waals surface area contributed by atoms with Crippen LogP contribution in [0.4, 0.5) is 0 Å². The van der Waals surface area contributed by atoms with Crippen molar-refractivity contribution in [2.45, 2.75) is 30.2 Å². The van der Waals surface area contributed by atoms with Crippen molar-refractivity contribution in [3.05, 3.63) is 58.1 Å². The highest BCUT2D eigenvalue weighted by Crippen LogP contribution is 2.37. The molecular formula is C19H17ClN2OS2. The predicted octanol–water partition coefficient (Wildman–Crippen LogP) is 5.24. The van der Waals surface area contributed by atoms with E-state index in [0.717, 1.165) is 33.3 Å². The number of aryl methyl sites for hydroxylation is 1. The minimum Gasteiger partial charge on any atom is -0.349 e. The van der Waals surface area contributed by atoms with Crippen molar-refractivity contribution in [1.82, 2.24) is 10.3 Å². The minimum absolute atomic E-state index is 0.0535. The molecule has 4 rings (SSSR count). The number of hydrogen-bond acceptors (Lipinski definition) is 4. The first-order valence-corrected chi connectivity index (χ1v) is 10.4. The zero-order chi connectivity index (χ0) is 17.2. The van der Waals surface area contributed by atoms with Gasteiger partial charge >= 0.3 is 0 Å². The van der Waals surface area contributed by atoms with Crippen LogP contribution in [0.15, 0.2) is 47.4 Å². The van der Waals surface area contributed by atoms with Crippen LogP contribution >= 0.6 is 34.7 Å². The summed E-state index contributed by atoms with van der Waals surface area (Å²) in [4.78, 5) is 18.2. The van der Waals surface area contributed by atoms with Crippen LogP contribution in [0.25, 0.3) is 10.2 Å². The molecule has 0 fully saturated rings. The molecule has 1 aromatic heterocycles. The first-order valence-electron chi connectivity index (χ1n) is 8.25. The summed E-state index contributed by atoms with van der Waals surface area (Å²) in [5.74, 6) is 1.08. The summed E-state index contributed by atoms with van der Waals surface area (Å²) in [6.45, 7) is 0. The Morgan fingerprint density at radius 3 is 3.04 bits per heavy atom.